The van der Waals surface area contributed by atoms with Gasteiger partial charge >= 0.3 is 0 Å². The predicted octanol–water partition coefficient (Wildman–Crippen LogP) is 5.25. The Morgan fingerprint density at radius 1 is 0.621 bits per heavy atom. The summed E-state index contributed by atoms with van der Waals surface area (Å²) in [6.45, 7) is 7.26. The Labute approximate surface area is 175 Å². The van der Waals surface area contributed by atoms with Gasteiger partial charge in [-0.2, -0.15) is 0 Å². The van der Waals surface area contributed by atoms with Crippen molar-refractivity contribution >= 4 is 0 Å². The standard InChI is InChI=1S/C27H33NO/c1-4-21-13-7-10-16-24(21)27(28-19-20-29,25-17-11-8-14-22(25)5-2)26-18-12-9-15-23(26)6-3/h7-18,28-29H,4-6,19-20H2,1-3H3. The Kier molecular flexibility index (Phi) is 7.24. The van der Waals surface area contributed by atoms with Crippen LogP contribution in [0.5, 0.6) is 0 Å². The Balaban J connectivity index is 2.46. The van der Waals surface area contributed by atoms with Crippen LogP contribution in [0.1, 0.15) is 54.2 Å². The second-order valence-electron chi connectivity index (χ2n) is 7.43. The van der Waals surface area contributed by atoms with Crippen molar-refractivity contribution in [1.29, 1.82) is 0 Å². The molecule has 3 aromatic carbocycles. The van der Waals surface area contributed by atoms with E-state index in [1.807, 2.05) is 0 Å². The number of benzene rings is 3. The normalized spacial score (nSPS) is 11.6. The molecule has 3 rings (SSSR count). The number of aliphatic hydroxyl groups is 1. The third-order valence-electron chi connectivity index (χ3n) is 5.91. The molecule has 0 aliphatic heterocycles. The molecule has 3 aromatic rings. The molecule has 0 bridgehead atoms. The molecular formula is C27H33NO. The molecule has 0 saturated heterocycles. The van der Waals surface area contributed by atoms with Crippen molar-refractivity contribution in [3.63, 3.8) is 0 Å². The van der Waals surface area contributed by atoms with Gasteiger partial charge in [0.2, 0.25) is 0 Å². The highest BCUT2D eigenvalue weighted by atomic mass is 16.3. The van der Waals surface area contributed by atoms with Crippen LogP contribution < -0.4 is 5.32 Å². The summed E-state index contributed by atoms with van der Waals surface area (Å²) >= 11 is 0. The average molecular weight is 388 g/mol. The SMILES string of the molecule is CCc1ccccc1C(NCCO)(c1ccccc1CC)c1ccccc1CC. The van der Waals surface area contributed by atoms with Crippen LogP contribution in [-0.2, 0) is 24.8 Å². The van der Waals surface area contributed by atoms with E-state index in [4.69, 9.17) is 0 Å². The molecule has 0 spiro atoms. The molecule has 152 valence electrons. The number of hydrogen-bond acceptors (Lipinski definition) is 2. The van der Waals surface area contributed by atoms with E-state index in [9.17, 15) is 5.11 Å². The predicted molar refractivity (Wildman–Crippen MR) is 122 cm³/mol. The summed E-state index contributed by atoms with van der Waals surface area (Å²) in [4.78, 5) is 0. The zero-order chi connectivity index (χ0) is 20.7. The van der Waals surface area contributed by atoms with Crippen molar-refractivity contribution < 1.29 is 5.11 Å². The van der Waals surface area contributed by atoms with Gasteiger partial charge in [0.1, 0.15) is 0 Å². The number of rotatable bonds is 9. The highest BCUT2D eigenvalue weighted by Crippen LogP contribution is 2.42. The Morgan fingerprint density at radius 3 is 1.28 bits per heavy atom. The van der Waals surface area contributed by atoms with Gasteiger partial charge in [0.25, 0.3) is 0 Å². The van der Waals surface area contributed by atoms with Gasteiger partial charge < -0.3 is 5.11 Å². The third-order valence-corrected chi connectivity index (χ3v) is 5.91. The number of nitrogens with one attached hydrogen (secondary N) is 1. The highest BCUT2D eigenvalue weighted by molar-refractivity contribution is 5.56. The van der Waals surface area contributed by atoms with E-state index in [0.717, 1.165) is 19.3 Å². The van der Waals surface area contributed by atoms with Gasteiger partial charge in [0, 0.05) is 6.54 Å². The van der Waals surface area contributed by atoms with Gasteiger partial charge in [0.05, 0.1) is 12.1 Å². The topological polar surface area (TPSA) is 32.3 Å². The molecule has 29 heavy (non-hydrogen) atoms. The minimum Gasteiger partial charge on any atom is -0.395 e. The maximum absolute atomic E-state index is 9.79. The first-order valence-electron chi connectivity index (χ1n) is 10.8. The summed E-state index contributed by atoms with van der Waals surface area (Å²) in [5.74, 6) is 0. The molecule has 0 aromatic heterocycles. The molecule has 0 radical (unpaired) electrons. The average Bonchev–Trinajstić information content (AvgIpc) is 2.80. The zero-order valence-electron chi connectivity index (χ0n) is 17.9. The number of aliphatic hydroxyl groups excluding tert-OH is 1. The summed E-state index contributed by atoms with van der Waals surface area (Å²) in [5.41, 5.74) is 7.31. The second-order valence-corrected chi connectivity index (χ2v) is 7.43. The fourth-order valence-corrected chi connectivity index (χ4v) is 4.55. The van der Waals surface area contributed by atoms with Crippen molar-refractivity contribution in [2.24, 2.45) is 0 Å². The lowest BCUT2D eigenvalue weighted by molar-refractivity contribution is 0.276. The maximum Gasteiger partial charge on any atom is 0.0956 e. The van der Waals surface area contributed by atoms with E-state index in [-0.39, 0.29) is 6.61 Å². The molecule has 0 aliphatic rings. The Bertz CT molecular complexity index is 815. The second kappa shape index (κ2) is 9.87. The first kappa shape index (κ1) is 21.3. The fourth-order valence-electron chi connectivity index (χ4n) is 4.55. The molecule has 2 heteroatoms. The summed E-state index contributed by atoms with van der Waals surface area (Å²) in [5, 5.41) is 13.6. The lowest BCUT2D eigenvalue weighted by atomic mass is 9.71. The van der Waals surface area contributed by atoms with E-state index in [1.165, 1.54) is 33.4 Å². The van der Waals surface area contributed by atoms with Crippen LogP contribution in [0.4, 0.5) is 0 Å². The molecule has 0 saturated carbocycles. The van der Waals surface area contributed by atoms with Crippen LogP contribution in [0.15, 0.2) is 72.8 Å². The van der Waals surface area contributed by atoms with Gasteiger partial charge in [0.15, 0.2) is 0 Å². The first-order chi connectivity index (χ1) is 14.2. The van der Waals surface area contributed by atoms with Gasteiger partial charge in [-0.25, -0.2) is 0 Å². The largest absolute Gasteiger partial charge is 0.395 e. The Hall–Kier alpha value is -2.42. The Morgan fingerprint density at radius 2 is 0.966 bits per heavy atom. The lowest BCUT2D eigenvalue weighted by Gasteiger charge is -2.40. The van der Waals surface area contributed by atoms with Crippen LogP contribution in [0.2, 0.25) is 0 Å². The first-order valence-corrected chi connectivity index (χ1v) is 10.8. The fraction of sp³-hybridized carbons (Fsp3) is 0.333. The highest BCUT2D eigenvalue weighted by Gasteiger charge is 2.39. The van der Waals surface area contributed by atoms with E-state index >= 15 is 0 Å². The molecule has 0 atom stereocenters. The van der Waals surface area contributed by atoms with Crippen molar-refractivity contribution in [2.75, 3.05) is 13.2 Å². The minimum atomic E-state index is -0.505. The van der Waals surface area contributed by atoms with Crippen LogP contribution in [0.25, 0.3) is 0 Å². The van der Waals surface area contributed by atoms with Gasteiger partial charge in [-0.15, -0.1) is 0 Å². The van der Waals surface area contributed by atoms with E-state index in [1.54, 1.807) is 0 Å². The molecular weight excluding hydrogens is 354 g/mol. The van der Waals surface area contributed by atoms with E-state index in [2.05, 4.69) is 98.9 Å². The molecule has 2 N–H and O–H groups in total. The number of hydrogen-bond donors (Lipinski definition) is 2. The van der Waals surface area contributed by atoms with Crippen molar-refractivity contribution in [3.05, 3.63) is 106 Å². The summed E-state index contributed by atoms with van der Waals surface area (Å²) in [7, 11) is 0. The van der Waals surface area contributed by atoms with Gasteiger partial charge in [-0.05, 0) is 52.6 Å². The minimum absolute atomic E-state index is 0.0959. The van der Waals surface area contributed by atoms with E-state index < -0.39 is 5.54 Å². The monoisotopic (exact) mass is 387 g/mol. The smallest absolute Gasteiger partial charge is 0.0956 e. The maximum atomic E-state index is 9.79. The van der Waals surface area contributed by atoms with E-state index in [0.29, 0.717) is 6.54 Å². The summed E-state index contributed by atoms with van der Waals surface area (Å²) in [6.07, 6.45) is 2.88. The zero-order valence-corrected chi connectivity index (χ0v) is 17.9. The van der Waals surface area contributed by atoms with Crippen LogP contribution in [-0.4, -0.2) is 18.3 Å². The molecule has 0 aliphatic carbocycles. The van der Waals surface area contributed by atoms with Crippen LogP contribution in [0.3, 0.4) is 0 Å². The number of aryl methyl sites for hydroxylation is 3. The van der Waals surface area contributed by atoms with Crippen molar-refractivity contribution in [1.82, 2.24) is 5.32 Å². The third kappa shape index (κ3) is 4.01. The summed E-state index contributed by atoms with van der Waals surface area (Å²) < 4.78 is 0. The molecule has 0 fully saturated rings. The van der Waals surface area contributed by atoms with Gasteiger partial charge in [-0.1, -0.05) is 93.6 Å². The van der Waals surface area contributed by atoms with Crippen molar-refractivity contribution in [2.45, 2.75) is 45.6 Å². The molecule has 0 unspecified atom stereocenters. The lowest BCUT2D eigenvalue weighted by Crippen LogP contribution is -2.47. The summed E-state index contributed by atoms with van der Waals surface area (Å²) in [6, 6.07) is 26.2. The van der Waals surface area contributed by atoms with Crippen molar-refractivity contribution in [3.8, 4) is 0 Å². The van der Waals surface area contributed by atoms with Crippen LogP contribution >= 0.6 is 0 Å². The van der Waals surface area contributed by atoms with Gasteiger partial charge in [-0.3, -0.25) is 5.32 Å². The molecule has 0 heterocycles. The quantitative estimate of drug-likeness (QED) is 0.492. The molecule has 2 nitrogen and oxygen atoms in total. The van der Waals surface area contributed by atoms with Crippen LogP contribution in [0, 0.1) is 0 Å². The molecule has 0 amide bonds.